The molecular weight excluding hydrogens is 495 g/mol. The van der Waals surface area contributed by atoms with E-state index in [-0.39, 0.29) is 18.1 Å². The van der Waals surface area contributed by atoms with Crippen molar-refractivity contribution >= 4 is 46.0 Å². The summed E-state index contributed by atoms with van der Waals surface area (Å²) in [4.78, 5) is 41.6. The average molecular weight is 514 g/mol. The predicted molar refractivity (Wildman–Crippen MR) is 120 cm³/mol. The molecule has 7 heteroatoms. The maximum Gasteiger partial charge on any atom is 0.290 e. The largest absolute Gasteiger partial charge is 0.459 e. The molecule has 1 saturated heterocycles. The van der Waals surface area contributed by atoms with E-state index in [9.17, 15) is 14.4 Å². The molecule has 1 aliphatic heterocycles. The highest BCUT2D eigenvalue weighted by Gasteiger charge is 2.44. The van der Waals surface area contributed by atoms with Crippen LogP contribution in [0.4, 0.5) is 5.69 Å². The second-order valence-electron chi connectivity index (χ2n) is 6.98. The van der Waals surface area contributed by atoms with E-state index in [1.165, 1.54) is 16.1 Å². The number of carbonyl (C=O) groups excluding carboxylic acids is 3. The first kappa shape index (κ1) is 20.3. The molecule has 4 rings (SSSR count). The lowest BCUT2D eigenvalue weighted by Crippen LogP contribution is -2.46. The van der Waals surface area contributed by atoms with Crippen LogP contribution >= 0.6 is 22.6 Å². The Hall–Kier alpha value is -2.94. The summed E-state index contributed by atoms with van der Waals surface area (Å²) < 4.78 is 6.28. The first-order chi connectivity index (χ1) is 14.5. The van der Waals surface area contributed by atoms with Gasteiger partial charge in [-0.1, -0.05) is 30.3 Å². The van der Waals surface area contributed by atoms with Gasteiger partial charge in [-0.2, -0.15) is 0 Å². The molecule has 1 unspecified atom stereocenters. The van der Waals surface area contributed by atoms with Gasteiger partial charge in [-0.05, 0) is 71.0 Å². The van der Waals surface area contributed by atoms with Gasteiger partial charge >= 0.3 is 0 Å². The first-order valence-electron chi connectivity index (χ1n) is 9.55. The molecule has 1 aliphatic rings. The minimum atomic E-state index is -0.863. The van der Waals surface area contributed by atoms with Crippen molar-refractivity contribution in [1.82, 2.24) is 4.90 Å². The molecule has 0 radical (unpaired) electrons. The lowest BCUT2D eigenvalue weighted by Gasteiger charge is -2.27. The molecular formula is C23H19IN2O4. The number of anilines is 1. The molecule has 3 amide bonds. The summed E-state index contributed by atoms with van der Waals surface area (Å²) >= 11 is 2.16. The number of halogens is 1. The molecule has 2 heterocycles. The molecule has 152 valence electrons. The molecule has 1 fully saturated rings. The minimum Gasteiger partial charge on any atom is -0.459 e. The van der Waals surface area contributed by atoms with Crippen LogP contribution in [0.1, 0.15) is 22.5 Å². The van der Waals surface area contributed by atoms with Gasteiger partial charge in [-0.15, -0.1) is 0 Å². The number of carbonyl (C=O) groups is 3. The fraction of sp³-hybridized carbons (Fsp3) is 0.174. The Balaban J connectivity index is 1.61. The molecule has 1 atom stereocenters. The normalized spacial score (nSPS) is 16.2. The minimum absolute atomic E-state index is 0.0495. The van der Waals surface area contributed by atoms with Crippen LogP contribution < -0.4 is 4.90 Å². The van der Waals surface area contributed by atoms with Crippen molar-refractivity contribution in [2.24, 2.45) is 0 Å². The fourth-order valence-electron chi connectivity index (χ4n) is 3.56. The van der Waals surface area contributed by atoms with Gasteiger partial charge in [-0.25, -0.2) is 4.90 Å². The third kappa shape index (κ3) is 4.16. The van der Waals surface area contributed by atoms with E-state index in [0.717, 1.165) is 9.13 Å². The van der Waals surface area contributed by atoms with Gasteiger partial charge in [0.1, 0.15) is 6.04 Å². The molecule has 0 bridgehead atoms. The Morgan fingerprint density at radius 1 is 1.03 bits per heavy atom. The number of rotatable bonds is 6. The molecule has 0 spiro atoms. The third-order valence-electron chi connectivity index (χ3n) is 5.06. The number of benzene rings is 2. The maximum atomic E-state index is 13.2. The van der Waals surface area contributed by atoms with E-state index in [4.69, 9.17) is 4.42 Å². The second-order valence-corrected chi connectivity index (χ2v) is 8.22. The number of amides is 3. The number of hydrogen-bond acceptors (Lipinski definition) is 4. The zero-order valence-electron chi connectivity index (χ0n) is 16.0. The maximum absolute atomic E-state index is 13.2. The number of nitrogens with zero attached hydrogens (tertiary/aromatic N) is 2. The highest BCUT2D eigenvalue weighted by Crippen LogP contribution is 2.27. The summed E-state index contributed by atoms with van der Waals surface area (Å²) in [6.07, 6.45) is 1.93. The van der Waals surface area contributed by atoms with E-state index in [0.29, 0.717) is 18.7 Å². The van der Waals surface area contributed by atoms with Crippen LogP contribution in [0.15, 0.2) is 77.4 Å². The van der Waals surface area contributed by atoms with Crippen LogP contribution in [0.3, 0.4) is 0 Å². The lowest BCUT2D eigenvalue weighted by atomic mass is 10.1. The van der Waals surface area contributed by atoms with Crippen LogP contribution in [-0.2, 0) is 16.0 Å². The average Bonchev–Trinajstić information content (AvgIpc) is 3.39. The Labute approximate surface area is 187 Å². The van der Waals surface area contributed by atoms with E-state index >= 15 is 0 Å². The molecule has 30 heavy (non-hydrogen) atoms. The highest BCUT2D eigenvalue weighted by molar-refractivity contribution is 14.1. The number of furan rings is 1. The van der Waals surface area contributed by atoms with E-state index in [2.05, 4.69) is 22.6 Å². The van der Waals surface area contributed by atoms with Crippen molar-refractivity contribution in [3.8, 4) is 0 Å². The lowest BCUT2D eigenvalue weighted by molar-refractivity contribution is -0.122. The van der Waals surface area contributed by atoms with Crippen molar-refractivity contribution in [1.29, 1.82) is 0 Å². The number of imide groups is 1. The molecule has 0 N–H and O–H groups in total. The Morgan fingerprint density at radius 3 is 2.43 bits per heavy atom. The quantitative estimate of drug-likeness (QED) is 0.370. The molecule has 0 aliphatic carbocycles. The molecule has 3 aromatic rings. The summed E-state index contributed by atoms with van der Waals surface area (Å²) in [6, 6.07) is 19.2. The summed E-state index contributed by atoms with van der Waals surface area (Å²) in [7, 11) is 0. The smallest absolute Gasteiger partial charge is 0.290 e. The highest BCUT2D eigenvalue weighted by atomic mass is 127. The van der Waals surface area contributed by atoms with Crippen molar-refractivity contribution in [2.75, 3.05) is 11.4 Å². The SMILES string of the molecule is O=C1CC(N(CCc2ccccc2)C(=O)c2ccco2)C(=O)N1c1ccc(I)cc1. The van der Waals surface area contributed by atoms with Crippen molar-refractivity contribution in [3.05, 3.63) is 87.9 Å². The summed E-state index contributed by atoms with van der Waals surface area (Å²) in [5.74, 6) is -0.958. The van der Waals surface area contributed by atoms with Gasteiger partial charge in [0.05, 0.1) is 18.4 Å². The first-order valence-corrected chi connectivity index (χ1v) is 10.6. The summed E-state index contributed by atoms with van der Waals surface area (Å²) in [5, 5.41) is 0. The van der Waals surface area contributed by atoms with Crippen molar-refractivity contribution in [2.45, 2.75) is 18.9 Å². The Kier molecular flexibility index (Phi) is 5.98. The van der Waals surface area contributed by atoms with Crippen LogP contribution in [0.5, 0.6) is 0 Å². The van der Waals surface area contributed by atoms with E-state index < -0.39 is 17.9 Å². The van der Waals surface area contributed by atoms with E-state index in [1.807, 2.05) is 42.5 Å². The van der Waals surface area contributed by atoms with E-state index in [1.54, 1.807) is 24.3 Å². The van der Waals surface area contributed by atoms with Crippen molar-refractivity contribution < 1.29 is 18.8 Å². The van der Waals surface area contributed by atoms with Crippen molar-refractivity contribution in [3.63, 3.8) is 0 Å². The standard InChI is InChI=1S/C23H19IN2O4/c24-17-8-10-18(11-9-17)26-21(27)15-19(22(26)28)25(23(29)20-7-4-14-30-20)13-12-16-5-2-1-3-6-16/h1-11,14,19H,12-13,15H2. The molecule has 1 aromatic heterocycles. The second kappa shape index (κ2) is 8.83. The van der Waals surface area contributed by atoms with Crippen LogP contribution in [0, 0.1) is 3.57 Å². The zero-order valence-corrected chi connectivity index (χ0v) is 18.2. The third-order valence-corrected chi connectivity index (χ3v) is 5.78. The van der Waals surface area contributed by atoms with Gasteiger partial charge in [-0.3, -0.25) is 14.4 Å². The molecule has 6 nitrogen and oxygen atoms in total. The Morgan fingerprint density at radius 2 is 1.77 bits per heavy atom. The summed E-state index contributed by atoms with van der Waals surface area (Å²) in [5.41, 5.74) is 1.56. The zero-order chi connectivity index (χ0) is 21.1. The van der Waals surface area contributed by atoms with Gasteiger partial charge in [0.15, 0.2) is 5.76 Å². The topological polar surface area (TPSA) is 70.8 Å². The van der Waals surface area contributed by atoms with Gasteiger partial charge in [0, 0.05) is 10.1 Å². The van der Waals surface area contributed by atoms with Gasteiger partial charge in [0.25, 0.3) is 11.8 Å². The van der Waals surface area contributed by atoms with Gasteiger partial charge in [0.2, 0.25) is 5.91 Å². The fourth-order valence-corrected chi connectivity index (χ4v) is 3.92. The molecule has 0 saturated carbocycles. The van der Waals surface area contributed by atoms with Gasteiger partial charge < -0.3 is 9.32 Å². The predicted octanol–water partition coefficient (Wildman–Crippen LogP) is 3.90. The van der Waals surface area contributed by atoms with Crippen LogP contribution in [0.25, 0.3) is 0 Å². The monoisotopic (exact) mass is 514 g/mol. The van der Waals surface area contributed by atoms with Crippen LogP contribution in [0.2, 0.25) is 0 Å². The van der Waals surface area contributed by atoms with Crippen LogP contribution in [-0.4, -0.2) is 35.2 Å². The molecule has 2 aromatic carbocycles. The Bertz CT molecular complexity index is 1050. The summed E-state index contributed by atoms with van der Waals surface area (Å²) in [6.45, 7) is 0.299. The number of hydrogen-bond donors (Lipinski definition) is 0.